The minimum absolute atomic E-state index is 1.11. The monoisotopic (exact) mass is 340 g/mol. The maximum absolute atomic E-state index is 3.95. The maximum Gasteiger partial charge on any atom is -0.000267 e. The Morgan fingerprint density at radius 3 is 1.67 bits per heavy atom. The van der Waals surface area contributed by atoms with Crippen LogP contribution in [0.15, 0.2) is 31.4 Å². The fourth-order valence-electron chi connectivity index (χ4n) is 1.04. The Morgan fingerprint density at radius 1 is 1.17 bits per heavy atom. The number of rotatable bonds is 2. The van der Waals surface area contributed by atoms with Gasteiger partial charge in [-0.25, -0.2) is 0 Å². The third kappa shape index (κ3) is 3.44. The van der Waals surface area contributed by atoms with E-state index < -0.39 is 0 Å². The molecule has 0 aliphatic carbocycles. The van der Waals surface area contributed by atoms with Gasteiger partial charge >= 0.3 is 0 Å². The summed E-state index contributed by atoms with van der Waals surface area (Å²) in [6, 6.07) is 0. The topological polar surface area (TPSA) is 0 Å². The molecule has 0 radical (unpaired) electrons. The Balaban J connectivity index is 5.21. The van der Waals surface area contributed by atoms with Crippen LogP contribution in [0, 0.1) is 0 Å². The molecule has 0 nitrogen and oxygen atoms in total. The fourth-order valence-corrected chi connectivity index (χ4v) is 1.95. The third-order valence-electron chi connectivity index (χ3n) is 1.66. The van der Waals surface area contributed by atoms with Crippen LogP contribution < -0.4 is 0 Å². The summed E-state index contributed by atoms with van der Waals surface area (Å²) in [6.07, 6.45) is 0. The van der Waals surface area contributed by atoms with E-state index in [4.69, 9.17) is 0 Å². The van der Waals surface area contributed by atoms with Crippen molar-refractivity contribution in [1.82, 2.24) is 0 Å². The van der Waals surface area contributed by atoms with Gasteiger partial charge in [0.15, 0.2) is 0 Å². The average Bonchev–Trinajstić information content (AvgIpc) is 1.85. The van der Waals surface area contributed by atoms with Crippen LogP contribution in [0.5, 0.6) is 0 Å². The molecule has 0 unspecified atom stereocenters. The molecule has 0 atom stereocenters. The molecule has 0 aliphatic heterocycles. The molecule has 2 heteroatoms. The minimum atomic E-state index is 1.11. The highest BCUT2D eigenvalue weighted by molar-refractivity contribution is 14.1. The van der Waals surface area contributed by atoms with Gasteiger partial charge in [0.2, 0.25) is 0 Å². The summed E-state index contributed by atoms with van der Waals surface area (Å²) in [4.78, 5) is 0. The largest absolute Gasteiger partial charge is 0.0955 e. The molecule has 0 bridgehead atoms. The van der Waals surface area contributed by atoms with Gasteiger partial charge in [-0.05, 0) is 75.1 Å². The summed E-state index contributed by atoms with van der Waals surface area (Å²) in [7, 11) is 0. The third-order valence-corrected chi connectivity index (χ3v) is 2.87. The highest BCUT2D eigenvalue weighted by Crippen LogP contribution is 2.28. The van der Waals surface area contributed by atoms with Crippen LogP contribution in [0.25, 0.3) is 0 Å². The molecule has 0 amide bonds. The predicted octanol–water partition coefficient (Wildman–Crippen LogP) is 4.96. The maximum atomic E-state index is 3.95. The molecular formula is C10H14BrI. The summed E-state index contributed by atoms with van der Waals surface area (Å²) >= 11 is 5.83. The molecule has 0 spiro atoms. The van der Waals surface area contributed by atoms with Crippen molar-refractivity contribution in [1.29, 1.82) is 0 Å². The van der Waals surface area contributed by atoms with Gasteiger partial charge in [-0.1, -0.05) is 22.5 Å². The highest BCUT2D eigenvalue weighted by atomic mass is 127. The van der Waals surface area contributed by atoms with E-state index in [9.17, 15) is 0 Å². The lowest BCUT2D eigenvalue weighted by Crippen LogP contribution is -1.89. The molecule has 0 saturated heterocycles. The highest BCUT2D eigenvalue weighted by Gasteiger charge is 2.05. The normalized spacial score (nSPS) is 15.2. The fraction of sp³-hybridized carbons (Fsp3) is 0.400. The van der Waals surface area contributed by atoms with Gasteiger partial charge in [-0.15, -0.1) is 0 Å². The van der Waals surface area contributed by atoms with Crippen LogP contribution in [-0.2, 0) is 0 Å². The van der Waals surface area contributed by atoms with E-state index in [0.717, 1.165) is 10.1 Å². The molecule has 0 aromatic rings. The molecule has 68 valence electrons. The molecule has 0 N–H and O–H groups in total. The van der Waals surface area contributed by atoms with Gasteiger partial charge in [-0.3, -0.25) is 0 Å². The SMILES string of the molecule is C=C(C)C(/C(C)=C(/C)I)=C(/C)Br. The van der Waals surface area contributed by atoms with Crippen molar-refractivity contribution in [3.63, 3.8) is 0 Å². The summed E-state index contributed by atoms with van der Waals surface area (Å²) in [5.41, 5.74) is 3.65. The second kappa shape index (κ2) is 5.22. The van der Waals surface area contributed by atoms with E-state index in [1.165, 1.54) is 14.7 Å². The van der Waals surface area contributed by atoms with Crippen molar-refractivity contribution in [3.8, 4) is 0 Å². The molecular weight excluding hydrogens is 327 g/mol. The molecule has 0 saturated carbocycles. The molecule has 0 aromatic heterocycles. The molecule has 0 aliphatic rings. The Kier molecular flexibility index (Phi) is 5.41. The summed E-state index contributed by atoms with van der Waals surface area (Å²) in [5, 5.41) is 0. The first-order valence-electron chi connectivity index (χ1n) is 3.73. The lowest BCUT2D eigenvalue weighted by Gasteiger charge is -2.10. The van der Waals surface area contributed by atoms with Gasteiger partial charge in [0.05, 0.1) is 0 Å². The lowest BCUT2D eigenvalue weighted by molar-refractivity contribution is 1.29. The van der Waals surface area contributed by atoms with E-state index in [1.54, 1.807) is 0 Å². The van der Waals surface area contributed by atoms with Crippen molar-refractivity contribution in [2.24, 2.45) is 0 Å². The number of allylic oxidation sites excluding steroid dienone is 5. The molecule has 0 aromatic carbocycles. The second-order valence-corrected chi connectivity index (χ2v) is 5.65. The van der Waals surface area contributed by atoms with Crippen LogP contribution in [0.2, 0.25) is 0 Å². The second-order valence-electron chi connectivity index (χ2n) is 2.85. The van der Waals surface area contributed by atoms with E-state index in [0.29, 0.717) is 0 Å². The van der Waals surface area contributed by atoms with Crippen molar-refractivity contribution >= 4 is 38.5 Å². The van der Waals surface area contributed by atoms with Crippen LogP contribution in [0.3, 0.4) is 0 Å². The average molecular weight is 341 g/mol. The van der Waals surface area contributed by atoms with E-state index in [2.05, 4.69) is 58.9 Å². The van der Waals surface area contributed by atoms with Gasteiger partial charge < -0.3 is 0 Å². The van der Waals surface area contributed by atoms with Crippen LogP contribution in [0.4, 0.5) is 0 Å². The molecule has 0 fully saturated rings. The first-order chi connectivity index (χ1) is 5.37. The van der Waals surface area contributed by atoms with E-state index >= 15 is 0 Å². The van der Waals surface area contributed by atoms with E-state index in [1.807, 2.05) is 13.8 Å². The molecule has 0 rings (SSSR count). The number of halogens is 2. The van der Waals surface area contributed by atoms with Crippen LogP contribution >= 0.6 is 38.5 Å². The summed E-state index contributed by atoms with van der Waals surface area (Å²) < 4.78 is 2.47. The lowest BCUT2D eigenvalue weighted by atomic mass is 10.0. The number of hydrogen-bond donors (Lipinski definition) is 0. The smallest absolute Gasteiger partial charge is 0.000267 e. The van der Waals surface area contributed by atoms with Crippen LogP contribution in [0.1, 0.15) is 27.7 Å². The zero-order chi connectivity index (χ0) is 9.89. The Bertz CT molecular complexity index is 251. The van der Waals surface area contributed by atoms with E-state index in [-0.39, 0.29) is 0 Å². The van der Waals surface area contributed by atoms with Gasteiger partial charge in [0, 0.05) is 0 Å². The van der Waals surface area contributed by atoms with Crippen molar-refractivity contribution in [3.05, 3.63) is 31.4 Å². The zero-order valence-corrected chi connectivity index (χ0v) is 11.7. The first kappa shape index (κ1) is 12.4. The number of hydrogen-bond acceptors (Lipinski definition) is 0. The van der Waals surface area contributed by atoms with Gasteiger partial charge in [0.1, 0.15) is 0 Å². The van der Waals surface area contributed by atoms with Gasteiger partial charge in [0.25, 0.3) is 0 Å². The Morgan fingerprint density at radius 2 is 1.58 bits per heavy atom. The van der Waals surface area contributed by atoms with Crippen molar-refractivity contribution in [2.75, 3.05) is 0 Å². The van der Waals surface area contributed by atoms with Crippen molar-refractivity contribution < 1.29 is 0 Å². The zero-order valence-electron chi connectivity index (χ0n) is 7.96. The first-order valence-corrected chi connectivity index (χ1v) is 5.60. The Labute approximate surface area is 97.1 Å². The van der Waals surface area contributed by atoms with Gasteiger partial charge in [-0.2, -0.15) is 0 Å². The quantitative estimate of drug-likeness (QED) is 0.492. The molecule has 12 heavy (non-hydrogen) atoms. The standard InChI is InChI=1S/C10H14BrI/c1-6(2)10(8(4)11)7(3)9(5)12/h1H2,2-5H3/b9-7-,10-8+. The molecule has 0 heterocycles. The summed E-state index contributed by atoms with van der Waals surface area (Å²) in [5.74, 6) is 0. The summed E-state index contributed by atoms with van der Waals surface area (Å²) in [6.45, 7) is 12.3. The predicted molar refractivity (Wildman–Crippen MR) is 68.8 cm³/mol. The minimum Gasteiger partial charge on any atom is -0.0955 e. The van der Waals surface area contributed by atoms with Crippen molar-refractivity contribution in [2.45, 2.75) is 27.7 Å². The Hall–Kier alpha value is 0.430. The van der Waals surface area contributed by atoms with Crippen LogP contribution in [-0.4, -0.2) is 0 Å².